The van der Waals surface area contributed by atoms with Crippen molar-refractivity contribution < 1.29 is 4.79 Å². The van der Waals surface area contributed by atoms with Crippen molar-refractivity contribution >= 4 is 11.6 Å². The van der Waals surface area contributed by atoms with Gasteiger partial charge in [-0.15, -0.1) is 0 Å². The molecule has 0 aliphatic rings. The number of anilines is 1. The molecule has 7 heteroatoms. The maximum absolute atomic E-state index is 10.9. The zero-order valence-electron chi connectivity index (χ0n) is 8.66. The van der Waals surface area contributed by atoms with Crippen molar-refractivity contribution in [3.05, 3.63) is 35.8 Å². The number of primary amides is 1. The summed E-state index contributed by atoms with van der Waals surface area (Å²) in [7, 11) is 0. The molecule has 0 fully saturated rings. The van der Waals surface area contributed by atoms with Crippen molar-refractivity contribution in [2.45, 2.75) is 0 Å². The zero-order chi connectivity index (χ0) is 12.4. The number of nitrogens with zero attached hydrogens (tertiary/aromatic N) is 4. The Morgan fingerprint density at radius 3 is 2.76 bits per heavy atom. The first-order valence-corrected chi connectivity index (χ1v) is 4.62. The smallest absolute Gasteiger partial charge is 0.251 e. The van der Waals surface area contributed by atoms with E-state index in [1.807, 2.05) is 6.07 Å². The third-order valence-electron chi connectivity index (χ3n) is 2.11. The Balaban J connectivity index is 2.46. The summed E-state index contributed by atoms with van der Waals surface area (Å²) >= 11 is 0. The van der Waals surface area contributed by atoms with Crippen molar-refractivity contribution in [3.63, 3.8) is 0 Å². The Labute approximate surface area is 96.3 Å². The van der Waals surface area contributed by atoms with E-state index in [4.69, 9.17) is 16.7 Å². The first-order chi connectivity index (χ1) is 8.11. The molecule has 1 amide bonds. The van der Waals surface area contributed by atoms with Gasteiger partial charge in [0.05, 0.1) is 23.0 Å². The molecule has 0 bridgehead atoms. The molecular formula is C10H8N6O. The van der Waals surface area contributed by atoms with Crippen molar-refractivity contribution in [1.82, 2.24) is 14.8 Å². The number of rotatable bonds is 2. The lowest BCUT2D eigenvalue weighted by atomic mass is 10.3. The Hall–Kier alpha value is -2.88. The van der Waals surface area contributed by atoms with Crippen LogP contribution in [0.25, 0.3) is 5.82 Å². The van der Waals surface area contributed by atoms with Crippen LogP contribution in [0.1, 0.15) is 15.9 Å². The lowest BCUT2D eigenvalue weighted by Gasteiger charge is -2.03. The first-order valence-electron chi connectivity index (χ1n) is 4.62. The highest BCUT2D eigenvalue weighted by molar-refractivity contribution is 5.92. The van der Waals surface area contributed by atoms with Gasteiger partial charge in [0.1, 0.15) is 6.07 Å². The summed E-state index contributed by atoms with van der Waals surface area (Å²) in [4.78, 5) is 14.9. The molecule has 0 unspecified atom stereocenters. The van der Waals surface area contributed by atoms with Gasteiger partial charge in [-0.2, -0.15) is 10.4 Å². The fourth-order valence-electron chi connectivity index (χ4n) is 1.29. The van der Waals surface area contributed by atoms with Crippen LogP contribution in [0.3, 0.4) is 0 Å². The number of nitrogens with two attached hydrogens (primary N) is 2. The SMILES string of the molecule is N#Cc1cnc(-n2cc(C(N)=O)cn2)c(N)c1. The topological polar surface area (TPSA) is 124 Å². The molecule has 4 N–H and O–H groups in total. The molecule has 0 saturated heterocycles. The van der Waals surface area contributed by atoms with E-state index in [1.54, 1.807) is 0 Å². The molecule has 0 saturated carbocycles. The Kier molecular flexibility index (Phi) is 2.46. The number of nitriles is 1. The van der Waals surface area contributed by atoms with Gasteiger partial charge in [-0.1, -0.05) is 0 Å². The number of nitrogen functional groups attached to an aromatic ring is 1. The molecule has 2 heterocycles. The predicted octanol–water partition coefficient (Wildman–Crippen LogP) is -0.180. The maximum Gasteiger partial charge on any atom is 0.251 e. The van der Waals surface area contributed by atoms with E-state index in [2.05, 4.69) is 10.1 Å². The number of pyridine rings is 1. The number of amides is 1. The third-order valence-corrected chi connectivity index (χ3v) is 2.11. The molecule has 0 aliphatic carbocycles. The van der Waals surface area contributed by atoms with E-state index in [-0.39, 0.29) is 5.56 Å². The quantitative estimate of drug-likeness (QED) is 0.737. The van der Waals surface area contributed by atoms with Gasteiger partial charge in [-0.3, -0.25) is 4.79 Å². The van der Waals surface area contributed by atoms with E-state index in [9.17, 15) is 4.79 Å². The second kappa shape index (κ2) is 3.94. The molecule has 0 aliphatic heterocycles. The molecule has 84 valence electrons. The van der Waals surface area contributed by atoms with Crippen LogP contribution in [0.2, 0.25) is 0 Å². The van der Waals surface area contributed by atoms with Crippen molar-refractivity contribution in [1.29, 1.82) is 5.26 Å². The zero-order valence-corrected chi connectivity index (χ0v) is 8.66. The van der Waals surface area contributed by atoms with Crippen molar-refractivity contribution in [2.24, 2.45) is 5.73 Å². The molecule has 2 aromatic rings. The minimum absolute atomic E-state index is 0.260. The van der Waals surface area contributed by atoms with Gasteiger partial charge < -0.3 is 11.5 Å². The average Bonchev–Trinajstić information content (AvgIpc) is 2.78. The molecule has 7 nitrogen and oxygen atoms in total. The van der Waals surface area contributed by atoms with Crippen LogP contribution in [0, 0.1) is 11.3 Å². The van der Waals surface area contributed by atoms with Crippen LogP contribution in [0.4, 0.5) is 5.69 Å². The fourth-order valence-corrected chi connectivity index (χ4v) is 1.29. The van der Waals surface area contributed by atoms with Gasteiger partial charge >= 0.3 is 0 Å². The van der Waals surface area contributed by atoms with Gasteiger partial charge in [0.25, 0.3) is 5.91 Å². The molecule has 0 spiro atoms. The summed E-state index contributed by atoms with van der Waals surface area (Å²) < 4.78 is 1.33. The molecule has 2 aromatic heterocycles. The van der Waals surface area contributed by atoms with Gasteiger partial charge in [0.15, 0.2) is 5.82 Å². The molecule has 0 aromatic carbocycles. The van der Waals surface area contributed by atoms with E-state index < -0.39 is 5.91 Å². The lowest BCUT2D eigenvalue weighted by molar-refractivity contribution is 0.100. The third kappa shape index (κ3) is 1.91. The second-order valence-electron chi connectivity index (χ2n) is 3.29. The average molecular weight is 228 g/mol. The maximum atomic E-state index is 10.9. The first kappa shape index (κ1) is 10.6. The van der Waals surface area contributed by atoms with Crippen LogP contribution in [0.5, 0.6) is 0 Å². The lowest BCUT2D eigenvalue weighted by Crippen LogP contribution is -2.09. The van der Waals surface area contributed by atoms with Crippen LogP contribution < -0.4 is 11.5 Å². The van der Waals surface area contributed by atoms with E-state index in [0.717, 1.165) is 0 Å². The van der Waals surface area contributed by atoms with Gasteiger partial charge in [0.2, 0.25) is 0 Å². The van der Waals surface area contributed by atoms with E-state index >= 15 is 0 Å². The molecular weight excluding hydrogens is 220 g/mol. The number of hydrogen-bond donors (Lipinski definition) is 2. The van der Waals surface area contributed by atoms with Crippen LogP contribution in [0.15, 0.2) is 24.7 Å². The van der Waals surface area contributed by atoms with Crippen LogP contribution in [-0.2, 0) is 0 Å². The fraction of sp³-hybridized carbons (Fsp3) is 0. The van der Waals surface area contributed by atoms with Crippen LogP contribution >= 0.6 is 0 Å². The van der Waals surface area contributed by atoms with Gasteiger partial charge in [0, 0.05) is 12.4 Å². The predicted molar refractivity (Wildman–Crippen MR) is 59.0 cm³/mol. The van der Waals surface area contributed by atoms with Gasteiger partial charge in [-0.05, 0) is 6.07 Å². The minimum atomic E-state index is -0.580. The minimum Gasteiger partial charge on any atom is -0.396 e. The summed E-state index contributed by atoms with van der Waals surface area (Å²) in [5.41, 5.74) is 11.7. The largest absolute Gasteiger partial charge is 0.396 e. The number of hydrogen-bond acceptors (Lipinski definition) is 5. The van der Waals surface area contributed by atoms with E-state index in [0.29, 0.717) is 17.1 Å². The Morgan fingerprint density at radius 1 is 1.47 bits per heavy atom. The highest BCUT2D eigenvalue weighted by atomic mass is 16.1. The molecule has 0 radical (unpaired) electrons. The standard InChI is InChI=1S/C10H8N6O/c11-2-6-1-8(12)10(14-3-6)16-5-7(4-15-16)9(13)17/h1,3-5H,12H2,(H2,13,17). The monoisotopic (exact) mass is 228 g/mol. The highest BCUT2D eigenvalue weighted by Gasteiger charge is 2.09. The van der Waals surface area contributed by atoms with Gasteiger partial charge in [-0.25, -0.2) is 9.67 Å². The van der Waals surface area contributed by atoms with Crippen molar-refractivity contribution in [3.8, 4) is 11.9 Å². The van der Waals surface area contributed by atoms with E-state index in [1.165, 1.54) is 29.3 Å². The summed E-state index contributed by atoms with van der Waals surface area (Å²) in [6.45, 7) is 0. The normalized spacial score (nSPS) is 9.82. The highest BCUT2D eigenvalue weighted by Crippen LogP contribution is 2.15. The Morgan fingerprint density at radius 2 is 2.24 bits per heavy atom. The molecule has 0 atom stereocenters. The second-order valence-corrected chi connectivity index (χ2v) is 3.29. The molecule has 17 heavy (non-hydrogen) atoms. The molecule has 2 rings (SSSR count). The summed E-state index contributed by atoms with van der Waals surface area (Å²) in [5, 5.41) is 12.6. The summed E-state index contributed by atoms with van der Waals surface area (Å²) in [6, 6.07) is 3.40. The Bertz CT molecular complexity index is 624. The van der Waals surface area contributed by atoms with Crippen LogP contribution in [-0.4, -0.2) is 20.7 Å². The summed E-state index contributed by atoms with van der Waals surface area (Å²) in [5.74, 6) is -0.236. The van der Waals surface area contributed by atoms with Crippen molar-refractivity contribution in [2.75, 3.05) is 5.73 Å². The summed E-state index contributed by atoms with van der Waals surface area (Å²) in [6.07, 6.45) is 4.12. The number of carbonyl (C=O) groups excluding carboxylic acids is 1. The number of aromatic nitrogens is 3. The number of carbonyl (C=O) groups is 1.